The largest absolute Gasteiger partial charge is 0.289 e. The third-order valence-electron chi connectivity index (χ3n) is 3.56. The van der Waals surface area contributed by atoms with Crippen molar-refractivity contribution in [3.05, 3.63) is 82.0 Å². The second kappa shape index (κ2) is 10.6. The zero-order valence-corrected chi connectivity index (χ0v) is 18.5. The normalized spacial score (nSPS) is 12.2. The molecule has 0 atom stereocenters. The third kappa shape index (κ3) is 6.61. The molecule has 8 heteroatoms. The smallest absolute Gasteiger partial charge is 0.192 e. The van der Waals surface area contributed by atoms with E-state index in [9.17, 15) is 10.0 Å². The number of Topliss-reactive ketones (excluding diaryl/α,β-unsaturated/α-hetero) is 1. The maximum Gasteiger partial charge on any atom is 0.192 e. The van der Waals surface area contributed by atoms with Crippen LogP contribution in [0.5, 0.6) is 0 Å². The van der Waals surface area contributed by atoms with Gasteiger partial charge in [0.05, 0.1) is 5.69 Å². The minimum Gasteiger partial charge on any atom is -0.289 e. The van der Waals surface area contributed by atoms with E-state index in [1.54, 1.807) is 38.1 Å². The highest BCUT2D eigenvalue weighted by atomic mass is 79.9. The van der Waals surface area contributed by atoms with E-state index in [1.807, 2.05) is 24.3 Å². The Labute approximate surface area is 182 Å². The van der Waals surface area contributed by atoms with E-state index in [0.29, 0.717) is 27.6 Å². The Hall–Kier alpha value is -1.90. The minimum atomic E-state index is -0.257. The Kier molecular flexibility index (Phi) is 8.47. The number of nitrogens with zero attached hydrogens (tertiary/aromatic N) is 2. The molecule has 2 aromatic carbocycles. The van der Waals surface area contributed by atoms with Crippen LogP contribution in [0.15, 0.2) is 81.3 Å². The molecule has 2 rings (SSSR count). The number of hydrogen-bond donors (Lipinski definition) is 2. The second-order valence-electron chi connectivity index (χ2n) is 5.74. The van der Waals surface area contributed by atoms with Crippen LogP contribution in [0.2, 0.25) is 5.02 Å². The fourth-order valence-corrected chi connectivity index (χ4v) is 3.08. The molecule has 0 heterocycles. The van der Waals surface area contributed by atoms with Crippen molar-refractivity contribution >= 4 is 56.7 Å². The van der Waals surface area contributed by atoms with Crippen molar-refractivity contribution in [3.8, 4) is 0 Å². The molecule has 0 aliphatic heterocycles. The Morgan fingerprint density at radius 1 is 1.29 bits per heavy atom. The van der Waals surface area contributed by atoms with Crippen LogP contribution in [-0.4, -0.2) is 21.3 Å². The molecular weight excluding hydrogens is 462 g/mol. The van der Waals surface area contributed by atoms with Crippen molar-refractivity contribution in [3.63, 3.8) is 0 Å². The topological polar surface area (TPSA) is 64.9 Å². The van der Waals surface area contributed by atoms with Gasteiger partial charge in [0.25, 0.3) is 0 Å². The van der Waals surface area contributed by atoms with Crippen molar-refractivity contribution in [1.82, 2.24) is 4.58 Å². The number of allylic oxidation sites excluding steroid dienone is 2. The Morgan fingerprint density at radius 2 is 1.96 bits per heavy atom. The van der Waals surface area contributed by atoms with Crippen molar-refractivity contribution in [2.45, 2.75) is 18.7 Å². The van der Waals surface area contributed by atoms with Gasteiger partial charge in [-0.1, -0.05) is 34.1 Å². The van der Waals surface area contributed by atoms with Gasteiger partial charge in [-0.05, 0) is 67.0 Å². The number of benzene rings is 2. The first kappa shape index (κ1) is 22.4. The molecular formula is C20H19BrClN3O2S. The van der Waals surface area contributed by atoms with E-state index < -0.39 is 0 Å². The van der Waals surface area contributed by atoms with Crippen molar-refractivity contribution < 1.29 is 10.0 Å². The summed E-state index contributed by atoms with van der Waals surface area (Å²) in [5, 5.41) is 10.6. The summed E-state index contributed by atoms with van der Waals surface area (Å²) in [4.78, 5) is 17.8. The van der Waals surface area contributed by atoms with Crippen LogP contribution in [0, 0.1) is 0 Å². The van der Waals surface area contributed by atoms with E-state index in [2.05, 4.69) is 32.9 Å². The molecule has 2 N–H and O–H groups in total. The molecule has 0 radical (unpaired) electrons. The standard InChI is InChI=1S/C20H19BrClN3O2S/c1-4-14(3)23-12-13(2)20(26)18-11-16(22)7-10-19(18)24-25(27)28-17-8-5-15(21)6-9-17/h4-12,24,27H,1H2,2-3H3/b13-12+,23-14?. The number of hydrogen-bond acceptors (Lipinski definition) is 6. The zero-order chi connectivity index (χ0) is 20.7. The molecule has 0 aliphatic carbocycles. The van der Waals surface area contributed by atoms with Crippen LogP contribution in [0.3, 0.4) is 0 Å². The lowest BCUT2D eigenvalue weighted by Gasteiger charge is -2.18. The van der Waals surface area contributed by atoms with E-state index in [-0.39, 0.29) is 5.78 Å². The maximum absolute atomic E-state index is 12.8. The molecule has 2 aromatic rings. The predicted molar refractivity (Wildman–Crippen MR) is 120 cm³/mol. The van der Waals surface area contributed by atoms with Crippen LogP contribution < -0.4 is 5.43 Å². The summed E-state index contributed by atoms with van der Waals surface area (Å²) in [5.74, 6) is -0.257. The Balaban J connectivity index is 2.22. The number of rotatable bonds is 8. The molecule has 5 nitrogen and oxygen atoms in total. The average molecular weight is 481 g/mol. The first-order valence-electron chi connectivity index (χ1n) is 8.17. The molecule has 0 spiro atoms. The lowest BCUT2D eigenvalue weighted by atomic mass is 10.0. The summed E-state index contributed by atoms with van der Waals surface area (Å²) in [6.07, 6.45) is 3.08. The number of carbonyl (C=O) groups is 1. The van der Waals surface area contributed by atoms with Crippen LogP contribution in [0.25, 0.3) is 0 Å². The fourth-order valence-electron chi connectivity index (χ4n) is 2.05. The Morgan fingerprint density at radius 3 is 2.61 bits per heavy atom. The van der Waals surface area contributed by atoms with Crippen molar-refractivity contribution in [2.24, 2.45) is 4.99 Å². The first-order chi connectivity index (χ1) is 13.3. The van der Waals surface area contributed by atoms with Gasteiger partial charge < -0.3 is 0 Å². The lowest BCUT2D eigenvalue weighted by Crippen LogP contribution is -2.20. The van der Waals surface area contributed by atoms with Gasteiger partial charge in [0.1, 0.15) is 0 Å². The maximum atomic E-state index is 12.8. The predicted octanol–water partition coefficient (Wildman–Crippen LogP) is 6.56. The molecule has 146 valence electrons. The van der Waals surface area contributed by atoms with E-state index >= 15 is 0 Å². The first-order valence-corrected chi connectivity index (χ1v) is 10.1. The minimum absolute atomic E-state index is 0.257. The van der Waals surface area contributed by atoms with Gasteiger partial charge in [-0.3, -0.25) is 20.4 Å². The molecule has 0 aliphatic rings. The van der Waals surface area contributed by atoms with Crippen LogP contribution in [0.1, 0.15) is 24.2 Å². The van der Waals surface area contributed by atoms with Crippen LogP contribution >= 0.6 is 39.5 Å². The van der Waals surface area contributed by atoms with Gasteiger partial charge in [-0.25, -0.2) is 0 Å². The molecule has 0 saturated heterocycles. The molecule has 28 heavy (non-hydrogen) atoms. The zero-order valence-electron chi connectivity index (χ0n) is 15.3. The summed E-state index contributed by atoms with van der Waals surface area (Å²) < 4.78 is 1.78. The second-order valence-corrected chi connectivity index (χ2v) is 8.09. The van der Waals surface area contributed by atoms with Crippen molar-refractivity contribution in [2.75, 3.05) is 5.43 Å². The fraction of sp³-hybridized carbons (Fsp3) is 0.100. The Bertz CT molecular complexity index is 930. The molecule has 0 fully saturated rings. The number of anilines is 1. The molecule has 0 aromatic heterocycles. The van der Waals surface area contributed by atoms with Gasteiger partial charge in [-0.15, -0.1) is 0 Å². The quantitative estimate of drug-likeness (QED) is 0.147. The van der Waals surface area contributed by atoms with Gasteiger partial charge in [-0.2, -0.15) is 0 Å². The van der Waals surface area contributed by atoms with Gasteiger partial charge >= 0.3 is 0 Å². The molecule has 0 saturated carbocycles. The van der Waals surface area contributed by atoms with Gasteiger partial charge in [0.2, 0.25) is 0 Å². The monoisotopic (exact) mass is 479 g/mol. The molecule has 0 amide bonds. The highest BCUT2D eigenvalue weighted by molar-refractivity contribution is 9.10. The number of aliphatic imine (C=N–C) groups is 1. The summed E-state index contributed by atoms with van der Waals surface area (Å²) in [7, 11) is 0. The van der Waals surface area contributed by atoms with Gasteiger partial charge in [0, 0.05) is 49.4 Å². The van der Waals surface area contributed by atoms with Crippen LogP contribution in [-0.2, 0) is 0 Å². The number of carbonyl (C=O) groups excluding carboxylic acids is 1. The highest BCUT2D eigenvalue weighted by Crippen LogP contribution is 2.27. The van der Waals surface area contributed by atoms with E-state index in [0.717, 1.165) is 25.9 Å². The average Bonchev–Trinajstić information content (AvgIpc) is 2.68. The van der Waals surface area contributed by atoms with E-state index in [1.165, 1.54) is 6.20 Å². The lowest BCUT2D eigenvalue weighted by molar-refractivity contribution is 0.0437. The SMILES string of the molecule is C=CC(C)=N/C=C(\C)C(=O)c1cc(Cl)ccc1NN(O)Sc1ccc(Br)cc1. The molecule has 0 unspecified atom stereocenters. The van der Waals surface area contributed by atoms with Gasteiger partial charge in [0.15, 0.2) is 5.78 Å². The van der Waals surface area contributed by atoms with Crippen molar-refractivity contribution in [1.29, 1.82) is 0 Å². The number of hydrazine groups is 1. The number of ketones is 1. The summed E-state index contributed by atoms with van der Waals surface area (Å²) in [6, 6.07) is 12.2. The van der Waals surface area contributed by atoms with Crippen LogP contribution in [0.4, 0.5) is 5.69 Å². The third-order valence-corrected chi connectivity index (χ3v) is 5.07. The highest BCUT2D eigenvalue weighted by Gasteiger charge is 2.16. The summed E-state index contributed by atoms with van der Waals surface area (Å²) >= 11 is 10.5. The number of nitrogens with one attached hydrogen (secondary N) is 1. The molecule has 0 bridgehead atoms. The van der Waals surface area contributed by atoms with E-state index in [4.69, 9.17) is 11.6 Å². The number of halogens is 2. The summed E-state index contributed by atoms with van der Waals surface area (Å²) in [6.45, 7) is 7.08. The summed E-state index contributed by atoms with van der Waals surface area (Å²) in [5.41, 5.74) is 4.66.